The average molecular weight is 133 g/mol. The van der Waals surface area contributed by atoms with Crippen molar-refractivity contribution in [3.63, 3.8) is 0 Å². The van der Waals surface area contributed by atoms with E-state index in [1.807, 2.05) is 6.08 Å². The summed E-state index contributed by atoms with van der Waals surface area (Å²) >= 11 is 5.42. The molecular weight excluding hydrogens is 120 g/mol. The summed E-state index contributed by atoms with van der Waals surface area (Å²) < 4.78 is 0. The van der Waals surface area contributed by atoms with E-state index in [0.717, 1.165) is 0 Å². The van der Waals surface area contributed by atoms with Gasteiger partial charge in [0.15, 0.2) is 0 Å². The lowest BCUT2D eigenvalue weighted by Gasteiger charge is -2.09. The summed E-state index contributed by atoms with van der Waals surface area (Å²) in [4.78, 5) is 0. The van der Waals surface area contributed by atoms with Crippen molar-refractivity contribution in [2.75, 3.05) is 5.88 Å². The van der Waals surface area contributed by atoms with Gasteiger partial charge in [0.2, 0.25) is 0 Å². The Kier molecular flexibility index (Phi) is 3.15. The minimum absolute atomic E-state index is 0.287. The second-order valence-corrected chi connectivity index (χ2v) is 3.23. The highest BCUT2D eigenvalue weighted by molar-refractivity contribution is 6.18. The zero-order chi connectivity index (χ0) is 6.62. The summed E-state index contributed by atoms with van der Waals surface area (Å²) in [5, 5.41) is 0. The molecule has 0 aromatic rings. The van der Waals surface area contributed by atoms with E-state index in [2.05, 4.69) is 26.8 Å². The van der Waals surface area contributed by atoms with Gasteiger partial charge in [-0.3, -0.25) is 0 Å². The monoisotopic (exact) mass is 132 g/mol. The number of hydrogen-bond acceptors (Lipinski definition) is 0. The van der Waals surface area contributed by atoms with Crippen molar-refractivity contribution in [1.29, 1.82) is 0 Å². The van der Waals surface area contributed by atoms with Gasteiger partial charge in [-0.1, -0.05) is 32.9 Å². The fraction of sp³-hybridized carbons (Fsp3) is 0.714. The van der Waals surface area contributed by atoms with E-state index in [9.17, 15) is 0 Å². The lowest BCUT2D eigenvalue weighted by Crippen LogP contribution is -1.98. The smallest absolute Gasteiger partial charge is 0.0404 e. The Bertz CT molecular complexity index is 76.9. The highest BCUT2D eigenvalue weighted by atomic mass is 35.5. The predicted molar refractivity (Wildman–Crippen MR) is 39.3 cm³/mol. The van der Waals surface area contributed by atoms with Crippen molar-refractivity contribution in [3.05, 3.63) is 12.2 Å². The molecule has 0 fully saturated rings. The Labute approximate surface area is 56.5 Å². The molecule has 48 valence electrons. The van der Waals surface area contributed by atoms with Crippen LogP contribution >= 0.6 is 11.6 Å². The van der Waals surface area contributed by atoms with Crippen LogP contribution in [0.5, 0.6) is 0 Å². The standard InChI is InChI=1S/C7H13Cl/c1-7(2,3)5-4-6-8/h4-5H,6H2,1-3H3. The highest BCUT2D eigenvalue weighted by Crippen LogP contribution is 2.13. The molecule has 0 unspecified atom stereocenters. The number of halogens is 1. The first-order chi connectivity index (χ1) is 3.56. The molecule has 0 radical (unpaired) electrons. The molecule has 0 aromatic carbocycles. The molecule has 0 aliphatic heterocycles. The van der Waals surface area contributed by atoms with Gasteiger partial charge in [-0.05, 0) is 5.41 Å². The minimum Gasteiger partial charge on any atom is -0.122 e. The van der Waals surface area contributed by atoms with Gasteiger partial charge < -0.3 is 0 Å². The molecular formula is C7H13Cl. The van der Waals surface area contributed by atoms with Gasteiger partial charge in [-0.15, -0.1) is 11.6 Å². The van der Waals surface area contributed by atoms with Gasteiger partial charge in [-0.2, -0.15) is 0 Å². The third-order valence-corrected chi connectivity index (χ3v) is 0.885. The molecule has 0 saturated carbocycles. The second-order valence-electron chi connectivity index (χ2n) is 2.92. The van der Waals surface area contributed by atoms with Crippen LogP contribution in [0.4, 0.5) is 0 Å². The van der Waals surface area contributed by atoms with Gasteiger partial charge >= 0.3 is 0 Å². The zero-order valence-corrected chi connectivity index (χ0v) is 6.50. The Morgan fingerprint density at radius 2 is 1.88 bits per heavy atom. The van der Waals surface area contributed by atoms with Gasteiger partial charge in [0.05, 0.1) is 0 Å². The largest absolute Gasteiger partial charge is 0.122 e. The molecule has 0 heterocycles. The first-order valence-electron chi connectivity index (χ1n) is 2.80. The van der Waals surface area contributed by atoms with E-state index in [0.29, 0.717) is 5.88 Å². The summed E-state index contributed by atoms with van der Waals surface area (Å²) in [5.41, 5.74) is 0.287. The summed E-state index contributed by atoms with van der Waals surface area (Å²) in [6.07, 6.45) is 4.08. The molecule has 0 rings (SSSR count). The van der Waals surface area contributed by atoms with Crippen molar-refractivity contribution < 1.29 is 0 Å². The van der Waals surface area contributed by atoms with Crippen LogP contribution in [-0.2, 0) is 0 Å². The normalized spacial score (nSPS) is 13.0. The predicted octanol–water partition coefficient (Wildman–Crippen LogP) is 2.83. The molecule has 0 nitrogen and oxygen atoms in total. The van der Waals surface area contributed by atoms with Crippen LogP contribution in [0.15, 0.2) is 12.2 Å². The van der Waals surface area contributed by atoms with Crippen LogP contribution in [0.3, 0.4) is 0 Å². The van der Waals surface area contributed by atoms with Crippen molar-refractivity contribution in [2.24, 2.45) is 5.41 Å². The molecule has 0 saturated heterocycles. The van der Waals surface area contributed by atoms with E-state index in [-0.39, 0.29) is 5.41 Å². The zero-order valence-electron chi connectivity index (χ0n) is 5.74. The highest BCUT2D eigenvalue weighted by Gasteiger charge is 2.01. The Balaban J connectivity index is 3.52. The van der Waals surface area contributed by atoms with Crippen molar-refractivity contribution in [3.8, 4) is 0 Å². The molecule has 1 heteroatoms. The fourth-order valence-electron chi connectivity index (χ4n) is 0.398. The van der Waals surface area contributed by atoms with Crippen LogP contribution < -0.4 is 0 Å². The maximum absolute atomic E-state index is 5.42. The molecule has 0 aliphatic rings. The molecule has 0 N–H and O–H groups in total. The fourth-order valence-corrected chi connectivity index (χ4v) is 0.487. The number of alkyl halides is 1. The summed E-state index contributed by atoms with van der Waals surface area (Å²) in [6.45, 7) is 6.45. The maximum Gasteiger partial charge on any atom is 0.0404 e. The second kappa shape index (κ2) is 3.13. The summed E-state index contributed by atoms with van der Waals surface area (Å²) in [6, 6.07) is 0. The Morgan fingerprint density at radius 1 is 1.38 bits per heavy atom. The van der Waals surface area contributed by atoms with Crippen LogP contribution in [0.25, 0.3) is 0 Å². The molecule has 0 aromatic heterocycles. The molecule has 0 atom stereocenters. The topological polar surface area (TPSA) is 0 Å². The SMILES string of the molecule is CC(C)(C)C=CCCl. The maximum atomic E-state index is 5.42. The van der Waals surface area contributed by atoms with Crippen molar-refractivity contribution in [1.82, 2.24) is 0 Å². The first-order valence-corrected chi connectivity index (χ1v) is 3.33. The lowest BCUT2D eigenvalue weighted by molar-refractivity contribution is 0.543. The molecule has 0 amide bonds. The first kappa shape index (κ1) is 8.03. The molecule has 0 aliphatic carbocycles. The quantitative estimate of drug-likeness (QED) is 0.380. The number of allylic oxidation sites excluding steroid dienone is 2. The molecule has 8 heavy (non-hydrogen) atoms. The van der Waals surface area contributed by atoms with Gasteiger partial charge in [-0.25, -0.2) is 0 Å². The number of hydrogen-bond donors (Lipinski definition) is 0. The van der Waals surface area contributed by atoms with Gasteiger partial charge in [0, 0.05) is 5.88 Å². The van der Waals surface area contributed by atoms with Crippen LogP contribution in [0, 0.1) is 5.41 Å². The van der Waals surface area contributed by atoms with E-state index < -0.39 is 0 Å². The van der Waals surface area contributed by atoms with Gasteiger partial charge in [0.25, 0.3) is 0 Å². The third-order valence-electron chi connectivity index (χ3n) is 0.707. The Morgan fingerprint density at radius 3 is 2.00 bits per heavy atom. The average Bonchev–Trinajstić information content (AvgIpc) is 1.59. The third kappa shape index (κ3) is 6.03. The van der Waals surface area contributed by atoms with Crippen molar-refractivity contribution in [2.45, 2.75) is 20.8 Å². The molecule has 0 spiro atoms. The Hall–Kier alpha value is 0.0300. The van der Waals surface area contributed by atoms with Gasteiger partial charge in [0.1, 0.15) is 0 Å². The van der Waals surface area contributed by atoms with Crippen LogP contribution in [0.1, 0.15) is 20.8 Å². The van der Waals surface area contributed by atoms with E-state index in [1.54, 1.807) is 0 Å². The minimum atomic E-state index is 0.287. The lowest BCUT2D eigenvalue weighted by atomic mass is 9.97. The summed E-state index contributed by atoms with van der Waals surface area (Å²) in [5.74, 6) is 0.622. The van der Waals surface area contributed by atoms with E-state index in [4.69, 9.17) is 11.6 Å². The van der Waals surface area contributed by atoms with E-state index >= 15 is 0 Å². The molecule has 0 bridgehead atoms. The summed E-state index contributed by atoms with van der Waals surface area (Å²) in [7, 11) is 0. The van der Waals surface area contributed by atoms with Crippen LogP contribution in [-0.4, -0.2) is 5.88 Å². The van der Waals surface area contributed by atoms with Crippen LogP contribution in [0.2, 0.25) is 0 Å². The van der Waals surface area contributed by atoms with E-state index in [1.165, 1.54) is 0 Å². The van der Waals surface area contributed by atoms with Crippen molar-refractivity contribution >= 4 is 11.6 Å². The number of rotatable bonds is 1.